The van der Waals surface area contributed by atoms with E-state index >= 15 is 0 Å². The van der Waals surface area contributed by atoms with Crippen molar-refractivity contribution in [3.05, 3.63) is 52.2 Å². The Balaban J connectivity index is 1.47. The van der Waals surface area contributed by atoms with E-state index in [-0.39, 0.29) is 34.8 Å². The lowest BCUT2D eigenvalue weighted by atomic mass is 9.82. The number of halogens is 3. The van der Waals surface area contributed by atoms with E-state index in [1.807, 2.05) is 6.07 Å². The summed E-state index contributed by atoms with van der Waals surface area (Å²) in [6.07, 6.45) is 0.382. The number of morpholine rings is 1. The summed E-state index contributed by atoms with van der Waals surface area (Å²) in [4.78, 5) is 17.3. The topological polar surface area (TPSA) is 105 Å². The molecule has 2 heterocycles. The van der Waals surface area contributed by atoms with Gasteiger partial charge in [0.05, 0.1) is 30.8 Å². The molecule has 1 aliphatic carbocycles. The molecule has 1 aromatic rings. The van der Waals surface area contributed by atoms with E-state index < -0.39 is 18.0 Å². The normalized spacial score (nSPS) is 26.0. The Bertz CT molecular complexity index is 1230. The molecule has 0 saturated carbocycles. The zero-order valence-electron chi connectivity index (χ0n) is 20.8. The first kappa shape index (κ1) is 27.8. The fraction of sp³-hybridized carbons (Fsp3) is 0.423. The molecule has 3 atom stereocenters. The molecule has 0 radical (unpaired) electrons. The second kappa shape index (κ2) is 12.1. The minimum absolute atomic E-state index is 0.0307. The number of carbonyl (C=O) groups excluding carboxylic acids is 1. The highest BCUT2D eigenvalue weighted by Crippen LogP contribution is 2.44. The summed E-state index contributed by atoms with van der Waals surface area (Å²) in [6.45, 7) is 4.15. The van der Waals surface area contributed by atoms with Gasteiger partial charge in [0, 0.05) is 31.1 Å². The maximum absolute atomic E-state index is 13.8. The molecule has 2 aliphatic heterocycles. The monoisotopic (exact) mass is 548 g/mol. The van der Waals surface area contributed by atoms with Crippen LogP contribution >= 0.6 is 11.8 Å². The van der Waals surface area contributed by atoms with Gasteiger partial charge in [0.25, 0.3) is 5.91 Å². The summed E-state index contributed by atoms with van der Waals surface area (Å²) in [6, 6.07) is 6.49. The number of nitriles is 1. The smallest absolute Gasteiger partial charge is 0.399 e. The van der Waals surface area contributed by atoms with Crippen LogP contribution in [-0.4, -0.2) is 56.7 Å². The maximum atomic E-state index is 13.8. The van der Waals surface area contributed by atoms with Crippen LogP contribution in [0, 0.1) is 23.2 Å². The first-order chi connectivity index (χ1) is 18.2. The fourth-order valence-electron chi connectivity index (χ4n) is 4.29. The lowest BCUT2D eigenvalue weighted by molar-refractivity contribution is -0.179. The van der Waals surface area contributed by atoms with Gasteiger partial charge in [0.1, 0.15) is 11.7 Å². The van der Waals surface area contributed by atoms with Gasteiger partial charge in [-0.25, -0.2) is 0 Å². The van der Waals surface area contributed by atoms with Gasteiger partial charge in [-0.1, -0.05) is 13.0 Å². The van der Waals surface area contributed by atoms with Crippen LogP contribution < -0.4 is 20.1 Å². The van der Waals surface area contributed by atoms with Crippen LogP contribution in [-0.2, 0) is 9.53 Å². The molecule has 0 spiro atoms. The van der Waals surface area contributed by atoms with Crippen molar-refractivity contribution in [3.63, 3.8) is 0 Å². The molecule has 0 aromatic heterocycles. The van der Waals surface area contributed by atoms with Crippen LogP contribution in [0.4, 0.5) is 13.2 Å². The third-order valence-electron chi connectivity index (χ3n) is 6.28. The molecule has 2 N–H and O–H groups in total. The highest BCUT2D eigenvalue weighted by atomic mass is 32.2. The number of allylic oxidation sites excluding steroid dienone is 4. The molecule has 1 amide bonds. The maximum Gasteiger partial charge on any atom is 0.399 e. The van der Waals surface area contributed by atoms with Crippen LogP contribution in [0.2, 0.25) is 0 Å². The molecular weight excluding hydrogens is 521 g/mol. The van der Waals surface area contributed by atoms with Crippen molar-refractivity contribution in [2.24, 2.45) is 16.8 Å². The lowest BCUT2D eigenvalue weighted by Crippen LogP contribution is -2.38. The third-order valence-corrected chi connectivity index (χ3v) is 7.23. The van der Waals surface area contributed by atoms with Crippen molar-refractivity contribution in [2.45, 2.75) is 25.6 Å². The predicted octanol–water partition coefficient (Wildman–Crippen LogP) is 4.17. The van der Waals surface area contributed by atoms with Crippen LogP contribution in [0.3, 0.4) is 0 Å². The largest absolute Gasteiger partial charge is 0.493 e. The zero-order chi connectivity index (χ0) is 27.3. The predicted molar refractivity (Wildman–Crippen MR) is 137 cm³/mol. The number of benzene rings is 1. The summed E-state index contributed by atoms with van der Waals surface area (Å²) in [5, 5.41) is 15.7. The summed E-state index contributed by atoms with van der Waals surface area (Å²) < 4.78 is 58.1. The molecule has 2 saturated heterocycles. The van der Waals surface area contributed by atoms with E-state index in [1.165, 1.54) is 44.0 Å². The van der Waals surface area contributed by atoms with Gasteiger partial charge in [-0.15, -0.1) is 0 Å². The fourth-order valence-corrected chi connectivity index (χ4v) is 5.13. The number of aliphatic imine (C=N–C) groups is 1. The molecule has 4 rings (SSSR count). The Labute approximate surface area is 222 Å². The minimum atomic E-state index is -4.61. The molecule has 3 aliphatic rings. The van der Waals surface area contributed by atoms with E-state index in [1.54, 1.807) is 18.2 Å². The Kier molecular flexibility index (Phi) is 8.81. The number of ether oxygens (including phenoxy) is 3. The Hall–Kier alpha value is -3.27. The summed E-state index contributed by atoms with van der Waals surface area (Å²) in [5.74, 6) is -3.39. The van der Waals surface area contributed by atoms with E-state index in [0.717, 1.165) is 19.5 Å². The average Bonchev–Trinajstić information content (AvgIpc) is 3.23. The second-order valence-electron chi connectivity index (χ2n) is 8.86. The molecule has 2 fully saturated rings. The van der Waals surface area contributed by atoms with Crippen molar-refractivity contribution in [1.82, 2.24) is 10.6 Å². The number of thioether (sulfide) groups is 1. The third kappa shape index (κ3) is 6.59. The number of alkyl halides is 3. The van der Waals surface area contributed by atoms with Crippen LogP contribution in [0.5, 0.6) is 11.5 Å². The summed E-state index contributed by atoms with van der Waals surface area (Å²) in [5.41, 5.74) is 0.628. The number of nitrogens with zero attached hydrogens (tertiary/aromatic N) is 2. The summed E-state index contributed by atoms with van der Waals surface area (Å²) in [7, 11) is 1.37. The first-order valence-corrected chi connectivity index (χ1v) is 12.8. The summed E-state index contributed by atoms with van der Waals surface area (Å²) >= 11 is 1.21. The van der Waals surface area contributed by atoms with Crippen molar-refractivity contribution in [2.75, 3.05) is 33.4 Å². The zero-order valence-corrected chi connectivity index (χ0v) is 21.6. The highest BCUT2D eigenvalue weighted by molar-refractivity contribution is 8.18. The Morgan fingerprint density at radius 1 is 1.32 bits per heavy atom. The van der Waals surface area contributed by atoms with Crippen molar-refractivity contribution in [1.29, 1.82) is 5.26 Å². The number of amides is 1. The molecular formula is C26H27F3N4O4S. The highest BCUT2D eigenvalue weighted by Gasteiger charge is 2.49. The second-order valence-corrected chi connectivity index (χ2v) is 9.89. The van der Waals surface area contributed by atoms with Gasteiger partial charge in [-0.05, 0) is 54.1 Å². The molecule has 3 unspecified atom stereocenters. The van der Waals surface area contributed by atoms with E-state index in [9.17, 15) is 18.0 Å². The number of methoxy groups -OCH3 is 1. The van der Waals surface area contributed by atoms with E-state index in [4.69, 9.17) is 19.5 Å². The van der Waals surface area contributed by atoms with Crippen molar-refractivity contribution in [3.8, 4) is 17.6 Å². The first-order valence-electron chi connectivity index (χ1n) is 12.0. The number of hydrogen-bond acceptors (Lipinski definition) is 8. The lowest BCUT2D eigenvalue weighted by Gasteiger charge is -2.30. The Morgan fingerprint density at radius 2 is 2.13 bits per heavy atom. The van der Waals surface area contributed by atoms with E-state index in [0.29, 0.717) is 28.8 Å². The molecule has 12 heteroatoms. The van der Waals surface area contributed by atoms with Gasteiger partial charge >= 0.3 is 6.18 Å². The number of rotatable bonds is 7. The molecule has 8 nitrogen and oxygen atoms in total. The Morgan fingerprint density at radius 3 is 2.82 bits per heavy atom. The number of carbonyl (C=O) groups is 1. The number of amidine groups is 1. The van der Waals surface area contributed by atoms with Gasteiger partial charge in [0.15, 0.2) is 16.7 Å². The van der Waals surface area contributed by atoms with Gasteiger partial charge in [-0.3, -0.25) is 9.79 Å². The van der Waals surface area contributed by atoms with Crippen LogP contribution in [0.15, 0.2) is 51.6 Å². The van der Waals surface area contributed by atoms with E-state index in [2.05, 4.69) is 15.6 Å². The van der Waals surface area contributed by atoms with Crippen molar-refractivity contribution < 1.29 is 32.2 Å². The quantitative estimate of drug-likeness (QED) is 0.493. The molecule has 202 valence electrons. The van der Waals surface area contributed by atoms with Gasteiger partial charge in [0.2, 0.25) is 0 Å². The SMILES string of the molecule is COc1cc(/C=C2\SC(=NCCC3CNCCO3)NC2=O)ccc1OC1=CC=C(C#N)C(C)C1C(F)(F)F. The van der Waals surface area contributed by atoms with Gasteiger partial charge < -0.3 is 24.8 Å². The minimum Gasteiger partial charge on any atom is -0.493 e. The van der Waals surface area contributed by atoms with Crippen LogP contribution in [0.1, 0.15) is 18.9 Å². The molecule has 0 bridgehead atoms. The number of hydrogen-bond donors (Lipinski definition) is 2. The molecule has 1 aromatic carbocycles. The molecule has 38 heavy (non-hydrogen) atoms. The van der Waals surface area contributed by atoms with Gasteiger partial charge in [-0.2, -0.15) is 18.4 Å². The van der Waals surface area contributed by atoms with Crippen molar-refractivity contribution >= 4 is 28.9 Å². The number of nitrogens with one attached hydrogen (secondary N) is 2. The average molecular weight is 549 g/mol. The van der Waals surface area contributed by atoms with Crippen LogP contribution in [0.25, 0.3) is 6.08 Å². The standard InChI is InChI=1S/C26H27F3N4O4S/c1-15-17(13-30)4-6-20(23(15)26(27,28)29)37-19-5-3-16(11-21(19)35-2)12-22-24(34)33-25(38-22)32-8-7-18-14-31-9-10-36-18/h3-6,11-12,15,18,23,31H,7-10,14H2,1-2H3,(H,32,33,34)/b22-12-.